The zero-order valence-corrected chi connectivity index (χ0v) is 12.8. The van der Waals surface area contributed by atoms with Crippen molar-refractivity contribution in [2.24, 2.45) is 0 Å². The van der Waals surface area contributed by atoms with E-state index >= 15 is 0 Å². The van der Waals surface area contributed by atoms with Gasteiger partial charge in [0.2, 0.25) is 5.95 Å². The average Bonchev–Trinajstić information content (AvgIpc) is 3.09. The fourth-order valence-corrected chi connectivity index (χ4v) is 3.52. The largest absolute Gasteiger partial charge is 0.376 e. The highest BCUT2D eigenvalue weighted by molar-refractivity contribution is 5.31. The van der Waals surface area contributed by atoms with E-state index in [0.29, 0.717) is 18.2 Å². The minimum absolute atomic E-state index is 0.343. The van der Waals surface area contributed by atoms with Crippen molar-refractivity contribution in [1.29, 1.82) is 0 Å². The molecule has 2 aliphatic rings. The molecule has 4 heteroatoms. The van der Waals surface area contributed by atoms with Crippen LogP contribution in [0.4, 0.5) is 5.95 Å². The van der Waals surface area contributed by atoms with Gasteiger partial charge < -0.3 is 14.6 Å². The zero-order chi connectivity index (χ0) is 13.9. The highest BCUT2D eigenvalue weighted by Crippen LogP contribution is 2.28. The predicted octanol–water partition coefficient (Wildman–Crippen LogP) is 3.68. The number of anilines is 1. The van der Waals surface area contributed by atoms with Crippen molar-refractivity contribution in [2.75, 3.05) is 11.9 Å². The summed E-state index contributed by atoms with van der Waals surface area (Å²) in [6.07, 6.45) is 11.5. The molecular formula is C16H27N3O. The van der Waals surface area contributed by atoms with Crippen LogP contribution in [-0.4, -0.2) is 28.3 Å². The first-order valence-electron chi connectivity index (χ1n) is 8.17. The molecule has 0 bridgehead atoms. The standard InChI is InChI=1S/C16H27N3O/c1-12-11-19(13(2)15-9-6-10-20-15)16(17-12)18-14-7-4-3-5-8-14/h11,13-15H,3-10H2,1-2H3,(H,17,18). The summed E-state index contributed by atoms with van der Waals surface area (Å²) in [5, 5.41) is 3.67. The van der Waals surface area contributed by atoms with Crippen molar-refractivity contribution >= 4 is 5.95 Å². The number of imidazole rings is 1. The lowest BCUT2D eigenvalue weighted by Gasteiger charge is -2.26. The van der Waals surface area contributed by atoms with Crippen LogP contribution in [0.2, 0.25) is 0 Å². The van der Waals surface area contributed by atoms with Gasteiger partial charge in [-0.15, -0.1) is 0 Å². The summed E-state index contributed by atoms with van der Waals surface area (Å²) in [5.74, 6) is 1.04. The fourth-order valence-electron chi connectivity index (χ4n) is 3.52. The monoisotopic (exact) mass is 277 g/mol. The molecule has 2 fully saturated rings. The Hall–Kier alpha value is -1.03. The Labute approximate surface area is 121 Å². The van der Waals surface area contributed by atoms with E-state index in [4.69, 9.17) is 9.72 Å². The van der Waals surface area contributed by atoms with E-state index in [1.165, 1.54) is 44.9 Å². The van der Waals surface area contributed by atoms with Crippen molar-refractivity contribution < 1.29 is 4.74 Å². The van der Waals surface area contributed by atoms with Crippen LogP contribution in [0, 0.1) is 6.92 Å². The van der Waals surface area contributed by atoms with Gasteiger partial charge in [-0.3, -0.25) is 0 Å². The van der Waals surface area contributed by atoms with Crippen LogP contribution in [0.15, 0.2) is 6.20 Å². The van der Waals surface area contributed by atoms with E-state index in [-0.39, 0.29) is 0 Å². The number of ether oxygens (including phenoxy) is 1. The molecule has 1 aromatic rings. The normalized spacial score (nSPS) is 25.8. The Kier molecular flexibility index (Phi) is 4.29. The second kappa shape index (κ2) is 6.17. The summed E-state index contributed by atoms with van der Waals surface area (Å²) in [4.78, 5) is 4.69. The molecule has 0 amide bonds. The molecule has 4 nitrogen and oxygen atoms in total. The number of aromatic nitrogens is 2. The quantitative estimate of drug-likeness (QED) is 0.912. The molecule has 1 saturated carbocycles. The average molecular weight is 277 g/mol. The molecule has 1 aliphatic carbocycles. The van der Waals surface area contributed by atoms with Crippen molar-refractivity contribution in [3.8, 4) is 0 Å². The Morgan fingerprint density at radius 1 is 1.25 bits per heavy atom. The lowest BCUT2D eigenvalue weighted by Crippen LogP contribution is -2.27. The van der Waals surface area contributed by atoms with Gasteiger partial charge in [0.15, 0.2) is 0 Å². The minimum Gasteiger partial charge on any atom is -0.376 e. The summed E-state index contributed by atoms with van der Waals surface area (Å²) in [6.45, 7) is 5.24. The molecule has 3 rings (SSSR count). The van der Waals surface area contributed by atoms with Gasteiger partial charge in [0.05, 0.1) is 17.8 Å². The van der Waals surface area contributed by atoms with Crippen LogP contribution in [-0.2, 0) is 4.74 Å². The molecular weight excluding hydrogens is 250 g/mol. The van der Waals surface area contributed by atoms with Crippen LogP contribution < -0.4 is 5.32 Å². The maximum Gasteiger partial charge on any atom is 0.203 e. The maximum atomic E-state index is 5.85. The molecule has 0 radical (unpaired) electrons. The van der Waals surface area contributed by atoms with Crippen molar-refractivity contribution in [3.63, 3.8) is 0 Å². The molecule has 0 aromatic carbocycles. The molecule has 1 aliphatic heterocycles. The molecule has 2 heterocycles. The highest BCUT2D eigenvalue weighted by atomic mass is 16.5. The number of nitrogens with zero attached hydrogens (tertiary/aromatic N) is 2. The maximum absolute atomic E-state index is 5.85. The molecule has 2 unspecified atom stereocenters. The van der Waals surface area contributed by atoms with Gasteiger partial charge in [-0.25, -0.2) is 4.98 Å². The molecule has 112 valence electrons. The van der Waals surface area contributed by atoms with Crippen LogP contribution in [0.3, 0.4) is 0 Å². The van der Waals surface area contributed by atoms with E-state index in [0.717, 1.165) is 18.2 Å². The Morgan fingerprint density at radius 3 is 2.75 bits per heavy atom. The third-order valence-corrected chi connectivity index (χ3v) is 4.73. The number of rotatable bonds is 4. The lowest BCUT2D eigenvalue weighted by molar-refractivity contribution is 0.0738. The summed E-state index contributed by atoms with van der Waals surface area (Å²) in [5.41, 5.74) is 1.09. The van der Waals surface area contributed by atoms with E-state index < -0.39 is 0 Å². The van der Waals surface area contributed by atoms with E-state index in [1.807, 2.05) is 0 Å². The van der Waals surface area contributed by atoms with Crippen LogP contribution in [0.25, 0.3) is 0 Å². The third kappa shape index (κ3) is 3.00. The van der Waals surface area contributed by atoms with E-state index in [1.54, 1.807) is 0 Å². The van der Waals surface area contributed by atoms with Gasteiger partial charge in [0.25, 0.3) is 0 Å². The third-order valence-electron chi connectivity index (χ3n) is 4.73. The lowest BCUT2D eigenvalue weighted by atomic mass is 9.96. The van der Waals surface area contributed by atoms with Gasteiger partial charge in [0.1, 0.15) is 0 Å². The predicted molar refractivity (Wildman–Crippen MR) is 81.1 cm³/mol. The molecule has 2 atom stereocenters. The van der Waals surface area contributed by atoms with Crippen LogP contribution in [0.5, 0.6) is 0 Å². The second-order valence-electron chi connectivity index (χ2n) is 6.38. The summed E-state index contributed by atoms with van der Waals surface area (Å²) in [7, 11) is 0. The zero-order valence-electron chi connectivity index (χ0n) is 12.8. The molecule has 20 heavy (non-hydrogen) atoms. The second-order valence-corrected chi connectivity index (χ2v) is 6.38. The molecule has 1 aromatic heterocycles. The number of nitrogens with one attached hydrogen (secondary N) is 1. The summed E-state index contributed by atoms with van der Waals surface area (Å²) in [6, 6.07) is 0.964. The number of hydrogen-bond donors (Lipinski definition) is 1. The Bertz CT molecular complexity index is 431. The summed E-state index contributed by atoms with van der Waals surface area (Å²) < 4.78 is 8.14. The highest BCUT2D eigenvalue weighted by Gasteiger charge is 2.26. The molecule has 0 spiro atoms. The number of aryl methyl sites for hydroxylation is 1. The topological polar surface area (TPSA) is 39.1 Å². The van der Waals surface area contributed by atoms with Crippen molar-refractivity contribution in [1.82, 2.24) is 9.55 Å². The van der Waals surface area contributed by atoms with Gasteiger partial charge in [-0.05, 0) is 39.5 Å². The van der Waals surface area contributed by atoms with Crippen molar-refractivity contribution in [3.05, 3.63) is 11.9 Å². The fraction of sp³-hybridized carbons (Fsp3) is 0.812. The van der Waals surface area contributed by atoms with Crippen LogP contribution in [0.1, 0.15) is 63.6 Å². The van der Waals surface area contributed by atoms with Crippen LogP contribution >= 0.6 is 0 Å². The first-order valence-corrected chi connectivity index (χ1v) is 8.17. The number of hydrogen-bond acceptors (Lipinski definition) is 3. The first kappa shape index (κ1) is 13.9. The Balaban J connectivity index is 1.72. The Morgan fingerprint density at radius 2 is 2.05 bits per heavy atom. The first-order chi connectivity index (χ1) is 9.74. The van der Waals surface area contributed by atoms with Gasteiger partial charge in [-0.1, -0.05) is 19.3 Å². The van der Waals surface area contributed by atoms with E-state index in [9.17, 15) is 0 Å². The van der Waals surface area contributed by atoms with Gasteiger partial charge in [-0.2, -0.15) is 0 Å². The van der Waals surface area contributed by atoms with Gasteiger partial charge >= 0.3 is 0 Å². The SMILES string of the molecule is Cc1cn(C(C)C2CCCO2)c(NC2CCCCC2)n1. The minimum atomic E-state index is 0.343. The smallest absolute Gasteiger partial charge is 0.203 e. The van der Waals surface area contributed by atoms with Gasteiger partial charge in [0, 0.05) is 18.8 Å². The molecule has 1 saturated heterocycles. The molecule has 1 N–H and O–H groups in total. The summed E-state index contributed by atoms with van der Waals surface area (Å²) >= 11 is 0. The van der Waals surface area contributed by atoms with Crippen molar-refractivity contribution in [2.45, 2.75) is 77.0 Å². The van der Waals surface area contributed by atoms with E-state index in [2.05, 4.69) is 29.9 Å².